The van der Waals surface area contributed by atoms with E-state index in [4.69, 9.17) is 5.73 Å². The number of nitrogens with zero attached hydrogens (tertiary/aromatic N) is 1. The monoisotopic (exact) mass is 286 g/mol. The molecule has 108 valence electrons. The summed E-state index contributed by atoms with van der Waals surface area (Å²) < 4.78 is 26.9. The van der Waals surface area contributed by atoms with Gasteiger partial charge in [0.2, 0.25) is 10.0 Å². The maximum Gasteiger partial charge on any atom is 0.242 e. The molecule has 1 aromatic heterocycles. The molecule has 0 amide bonds. The maximum atomic E-state index is 12.1. The van der Waals surface area contributed by atoms with E-state index in [-0.39, 0.29) is 4.90 Å². The number of sulfonamides is 1. The first kappa shape index (κ1) is 14.5. The second-order valence-electron chi connectivity index (χ2n) is 4.96. The Morgan fingerprint density at radius 1 is 1.58 bits per heavy atom. The topological polar surface area (TPSA) is 91.2 Å². The first-order valence-corrected chi connectivity index (χ1v) is 8.13. The van der Waals surface area contributed by atoms with Crippen molar-refractivity contribution in [3.8, 4) is 0 Å². The fraction of sp³-hybridized carbons (Fsp3) is 0.667. The molecule has 1 atom stereocenters. The Balaban J connectivity index is 1.91. The number of hydrogen-bond acceptors (Lipinski definition) is 4. The maximum absolute atomic E-state index is 12.1. The van der Waals surface area contributed by atoms with Crippen LogP contribution in [0, 0.1) is 5.92 Å². The van der Waals surface area contributed by atoms with Crippen molar-refractivity contribution in [3.05, 3.63) is 18.0 Å². The minimum absolute atomic E-state index is 0.262. The van der Waals surface area contributed by atoms with E-state index < -0.39 is 10.0 Å². The average molecular weight is 286 g/mol. The molecule has 1 aromatic rings. The molecule has 0 spiro atoms. The molecular weight excluding hydrogens is 264 g/mol. The summed E-state index contributed by atoms with van der Waals surface area (Å²) in [6.45, 7) is 6.00. The lowest BCUT2D eigenvalue weighted by Crippen LogP contribution is -2.30. The van der Waals surface area contributed by atoms with Gasteiger partial charge in [0.15, 0.2) is 0 Å². The molecule has 0 aromatic carbocycles. The lowest BCUT2D eigenvalue weighted by atomic mass is 10.1. The van der Waals surface area contributed by atoms with Crippen molar-refractivity contribution in [1.82, 2.24) is 14.6 Å². The highest BCUT2D eigenvalue weighted by atomic mass is 32.2. The lowest BCUT2D eigenvalue weighted by Gasteiger charge is -2.13. The molecular formula is C12H22N4O2S. The van der Waals surface area contributed by atoms with Crippen LogP contribution in [0.25, 0.3) is 0 Å². The van der Waals surface area contributed by atoms with Crippen molar-refractivity contribution >= 4 is 10.0 Å². The molecule has 1 fully saturated rings. The molecule has 1 aliphatic rings. The van der Waals surface area contributed by atoms with Crippen LogP contribution in [0.1, 0.15) is 19.0 Å². The van der Waals surface area contributed by atoms with Gasteiger partial charge in [0.1, 0.15) is 0 Å². The Kier molecular flexibility index (Phi) is 4.62. The first-order chi connectivity index (χ1) is 9.05. The molecule has 6 nitrogen and oxygen atoms in total. The van der Waals surface area contributed by atoms with Crippen LogP contribution in [-0.4, -0.2) is 44.5 Å². The third kappa shape index (κ3) is 3.56. The summed E-state index contributed by atoms with van der Waals surface area (Å²) in [7, 11) is -3.42. The zero-order chi connectivity index (χ0) is 13.9. The van der Waals surface area contributed by atoms with Gasteiger partial charge >= 0.3 is 0 Å². The highest BCUT2D eigenvalue weighted by molar-refractivity contribution is 7.89. The number of nitrogens with one attached hydrogen (secondary N) is 2. The number of nitrogens with two attached hydrogens (primary N) is 1. The Morgan fingerprint density at radius 3 is 2.95 bits per heavy atom. The summed E-state index contributed by atoms with van der Waals surface area (Å²) in [5, 5.41) is 0. The largest absolute Gasteiger partial charge is 0.363 e. The van der Waals surface area contributed by atoms with Gasteiger partial charge in [0.05, 0.1) is 4.90 Å². The summed E-state index contributed by atoms with van der Waals surface area (Å²) >= 11 is 0. The molecule has 19 heavy (non-hydrogen) atoms. The number of likely N-dealkylation sites (tertiary alicyclic amines) is 1. The Morgan fingerprint density at radius 2 is 2.37 bits per heavy atom. The number of H-pyrrole nitrogens is 1. The Hall–Kier alpha value is -0.890. The summed E-state index contributed by atoms with van der Waals surface area (Å²) in [6, 6.07) is 1.58. The Bertz CT molecular complexity index is 512. The van der Waals surface area contributed by atoms with Gasteiger partial charge in [-0.1, -0.05) is 6.92 Å². The predicted octanol–water partition coefficient (Wildman–Crippen LogP) is 0.0935. The van der Waals surface area contributed by atoms with Crippen molar-refractivity contribution in [2.24, 2.45) is 11.7 Å². The second kappa shape index (κ2) is 6.04. The molecule has 0 saturated carbocycles. The zero-order valence-corrected chi connectivity index (χ0v) is 12.0. The molecule has 0 bridgehead atoms. The van der Waals surface area contributed by atoms with Gasteiger partial charge in [-0.2, -0.15) is 0 Å². The van der Waals surface area contributed by atoms with Crippen LogP contribution >= 0.6 is 0 Å². The minimum Gasteiger partial charge on any atom is -0.363 e. The third-order valence-corrected chi connectivity index (χ3v) is 5.03. The van der Waals surface area contributed by atoms with E-state index >= 15 is 0 Å². The molecule has 1 saturated heterocycles. The minimum atomic E-state index is -3.42. The molecule has 2 heterocycles. The molecule has 7 heteroatoms. The molecule has 4 N–H and O–H groups in total. The SMILES string of the molecule is CCN1CCC(CNS(=O)(=O)c2c[nH]c(CN)c2)C1. The van der Waals surface area contributed by atoms with Gasteiger partial charge in [0.25, 0.3) is 0 Å². The zero-order valence-electron chi connectivity index (χ0n) is 11.2. The molecule has 1 aliphatic heterocycles. The van der Waals surface area contributed by atoms with Crippen LogP contribution in [0.15, 0.2) is 17.2 Å². The van der Waals surface area contributed by atoms with Crippen molar-refractivity contribution in [2.45, 2.75) is 24.8 Å². The fourth-order valence-electron chi connectivity index (χ4n) is 2.37. The highest BCUT2D eigenvalue weighted by Crippen LogP contribution is 2.16. The predicted molar refractivity (Wildman–Crippen MR) is 74.1 cm³/mol. The summed E-state index contributed by atoms with van der Waals surface area (Å²) in [5.41, 5.74) is 6.18. The second-order valence-corrected chi connectivity index (χ2v) is 6.73. The molecule has 0 aliphatic carbocycles. The smallest absolute Gasteiger partial charge is 0.242 e. The van der Waals surface area contributed by atoms with E-state index in [0.717, 1.165) is 31.7 Å². The van der Waals surface area contributed by atoms with Crippen LogP contribution in [0.2, 0.25) is 0 Å². The first-order valence-electron chi connectivity index (χ1n) is 6.64. The summed E-state index contributed by atoms with van der Waals surface area (Å²) in [4.78, 5) is 5.45. The van der Waals surface area contributed by atoms with E-state index in [1.807, 2.05) is 0 Å². The van der Waals surface area contributed by atoms with E-state index in [2.05, 4.69) is 21.5 Å². The summed E-state index contributed by atoms with van der Waals surface area (Å²) in [5.74, 6) is 0.405. The van der Waals surface area contributed by atoms with E-state index in [1.54, 1.807) is 6.07 Å². The van der Waals surface area contributed by atoms with Crippen LogP contribution in [0.3, 0.4) is 0 Å². The normalized spacial score (nSPS) is 21.1. The van der Waals surface area contributed by atoms with Gasteiger partial charge in [-0.05, 0) is 31.5 Å². The average Bonchev–Trinajstić information content (AvgIpc) is 3.05. The van der Waals surface area contributed by atoms with Crippen LogP contribution < -0.4 is 10.5 Å². The number of aromatic nitrogens is 1. The highest BCUT2D eigenvalue weighted by Gasteiger charge is 2.23. The Labute approximate surface area is 114 Å². The van der Waals surface area contributed by atoms with Gasteiger partial charge in [-0.15, -0.1) is 0 Å². The van der Waals surface area contributed by atoms with E-state index in [0.29, 0.717) is 19.0 Å². The van der Waals surface area contributed by atoms with Crippen LogP contribution in [0.4, 0.5) is 0 Å². The van der Waals surface area contributed by atoms with Crippen LogP contribution in [-0.2, 0) is 16.6 Å². The van der Waals surface area contributed by atoms with E-state index in [9.17, 15) is 8.42 Å². The molecule has 0 radical (unpaired) electrons. The molecule has 1 unspecified atom stereocenters. The molecule has 2 rings (SSSR count). The fourth-order valence-corrected chi connectivity index (χ4v) is 3.50. The van der Waals surface area contributed by atoms with Crippen LogP contribution in [0.5, 0.6) is 0 Å². The van der Waals surface area contributed by atoms with Crippen molar-refractivity contribution in [2.75, 3.05) is 26.2 Å². The number of rotatable bonds is 6. The van der Waals surface area contributed by atoms with Gasteiger partial charge < -0.3 is 15.6 Å². The van der Waals surface area contributed by atoms with E-state index in [1.165, 1.54) is 6.20 Å². The summed E-state index contributed by atoms with van der Waals surface area (Å²) in [6.07, 6.45) is 2.54. The number of aromatic amines is 1. The van der Waals surface area contributed by atoms with Crippen molar-refractivity contribution in [3.63, 3.8) is 0 Å². The third-order valence-electron chi connectivity index (χ3n) is 3.63. The lowest BCUT2D eigenvalue weighted by molar-refractivity contribution is 0.342. The van der Waals surface area contributed by atoms with Crippen molar-refractivity contribution in [1.29, 1.82) is 0 Å². The number of hydrogen-bond donors (Lipinski definition) is 3. The van der Waals surface area contributed by atoms with Gasteiger partial charge in [0, 0.05) is 31.5 Å². The quantitative estimate of drug-likeness (QED) is 0.691. The van der Waals surface area contributed by atoms with Gasteiger partial charge in [-0.3, -0.25) is 0 Å². The van der Waals surface area contributed by atoms with Gasteiger partial charge in [-0.25, -0.2) is 13.1 Å². The standard InChI is InChI=1S/C12H22N4O2S/c1-2-16-4-3-10(9-16)7-15-19(17,18)12-5-11(6-13)14-8-12/h5,8,10,14-15H,2-4,6-7,9,13H2,1H3. The van der Waals surface area contributed by atoms with Crippen molar-refractivity contribution < 1.29 is 8.42 Å².